The van der Waals surface area contributed by atoms with Crippen molar-refractivity contribution in [3.63, 3.8) is 0 Å². The number of nitrogens with zero attached hydrogens (tertiary/aromatic N) is 2. The minimum absolute atomic E-state index is 0.226. The SMILES string of the molecule is CCCNC(c1cccc(C)c1)c1c(C)nn(C)c1C. The first kappa shape index (κ1) is 14.8. The smallest absolute Gasteiger partial charge is 0.0647 e. The van der Waals surface area contributed by atoms with Crippen LogP contribution in [-0.4, -0.2) is 16.3 Å². The summed E-state index contributed by atoms with van der Waals surface area (Å²) in [5, 5.41) is 8.24. The molecule has 108 valence electrons. The minimum Gasteiger partial charge on any atom is -0.306 e. The van der Waals surface area contributed by atoms with Crippen LogP contribution in [0.15, 0.2) is 24.3 Å². The summed E-state index contributed by atoms with van der Waals surface area (Å²) in [4.78, 5) is 0. The van der Waals surface area contributed by atoms with Gasteiger partial charge in [0.25, 0.3) is 0 Å². The van der Waals surface area contributed by atoms with E-state index in [1.165, 1.54) is 22.4 Å². The molecule has 0 bridgehead atoms. The number of aromatic nitrogens is 2. The van der Waals surface area contributed by atoms with Crippen molar-refractivity contribution in [1.29, 1.82) is 0 Å². The lowest BCUT2D eigenvalue weighted by Crippen LogP contribution is -2.24. The lowest BCUT2D eigenvalue weighted by atomic mass is 9.95. The standard InChI is InChI=1S/C17H25N3/c1-6-10-18-17(15-9-7-8-12(2)11-15)16-13(3)19-20(5)14(16)4/h7-9,11,17-18H,6,10H2,1-5H3. The Morgan fingerprint density at radius 1 is 1.25 bits per heavy atom. The second kappa shape index (κ2) is 6.23. The van der Waals surface area contributed by atoms with Gasteiger partial charge >= 0.3 is 0 Å². The van der Waals surface area contributed by atoms with Crippen molar-refractivity contribution in [2.24, 2.45) is 7.05 Å². The van der Waals surface area contributed by atoms with Gasteiger partial charge < -0.3 is 5.32 Å². The summed E-state index contributed by atoms with van der Waals surface area (Å²) in [6.07, 6.45) is 1.13. The molecular formula is C17H25N3. The summed E-state index contributed by atoms with van der Waals surface area (Å²) in [6.45, 7) is 9.59. The second-order valence-corrected chi connectivity index (χ2v) is 5.51. The van der Waals surface area contributed by atoms with Crippen LogP contribution in [-0.2, 0) is 7.05 Å². The predicted octanol–water partition coefficient (Wildman–Crippen LogP) is 3.43. The molecule has 2 rings (SSSR count). The number of nitrogens with one attached hydrogen (secondary N) is 1. The molecule has 3 heteroatoms. The maximum Gasteiger partial charge on any atom is 0.0647 e. The lowest BCUT2D eigenvalue weighted by Gasteiger charge is -2.20. The maximum atomic E-state index is 4.56. The Hall–Kier alpha value is -1.61. The largest absolute Gasteiger partial charge is 0.306 e. The van der Waals surface area contributed by atoms with E-state index < -0.39 is 0 Å². The van der Waals surface area contributed by atoms with Crippen LogP contribution in [0.25, 0.3) is 0 Å². The first-order valence-electron chi connectivity index (χ1n) is 7.34. The van der Waals surface area contributed by atoms with Gasteiger partial charge in [-0.3, -0.25) is 4.68 Å². The highest BCUT2D eigenvalue weighted by molar-refractivity contribution is 5.38. The van der Waals surface area contributed by atoms with Crippen molar-refractivity contribution in [2.45, 2.75) is 40.2 Å². The predicted molar refractivity (Wildman–Crippen MR) is 84.0 cm³/mol. The highest BCUT2D eigenvalue weighted by Crippen LogP contribution is 2.27. The van der Waals surface area contributed by atoms with E-state index in [-0.39, 0.29) is 6.04 Å². The monoisotopic (exact) mass is 271 g/mol. The van der Waals surface area contributed by atoms with Crippen LogP contribution < -0.4 is 5.32 Å². The first-order chi connectivity index (χ1) is 9.54. The quantitative estimate of drug-likeness (QED) is 0.903. The molecule has 2 aromatic rings. The number of aryl methyl sites for hydroxylation is 3. The minimum atomic E-state index is 0.226. The Balaban J connectivity index is 2.47. The van der Waals surface area contributed by atoms with Crippen molar-refractivity contribution in [1.82, 2.24) is 15.1 Å². The van der Waals surface area contributed by atoms with E-state index >= 15 is 0 Å². The third-order valence-corrected chi connectivity index (χ3v) is 3.83. The van der Waals surface area contributed by atoms with Crippen LogP contribution in [0.1, 0.15) is 47.5 Å². The molecule has 1 N–H and O–H groups in total. The van der Waals surface area contributed by atoms with Crippen molar-refractivity contribution in [2.75, 3.05) is 6.54 Å². The van der Waals surface area contributed by atoms with Gasteiger partial charge in [0.15, 0.2) is 0 Å². The van der Waals surface area contributed by atoms with E-state index in [4.69, 9.17) is 0 Å². The van der Waals surface area contributed by atoms with Crippen LogP contribution in [0.4, 0.5) is 0 Å². The lowest BCUT2D eigenvalue weighted by molar-refractivity contribution is 0.592. The molecule has 0 aliphatic carbocycles. The van der Waals surface area contributed by atoms with E-state index in [1.54, 1.807) is 0 Å². The molecule has 1 aromatic carbocycles. The summed E-state index contributed by atoms with van der Waals surface area (Å²) < 4.78 is 1.97. The molecule has 1 unspecified atom stereocenters. The van der Waals surface area contributed by atoms with Crippen LogP contribution in [0.5, 0.6) is 0 Å². The maximum absolute atomic E-state index is 4.56. The fraction of sp³-hybridized carbons (Fsp3) is 0.471. The first-order valence-corrected chi connectivity index (χ1v) is 7.34. The number of hydrogen-bond donors (Lipinski definition) is 1. The highest BCUT2D eigenvalue weighted by Gasteiger charge is 2.21. The number of rotatable bonds is 5. The Labute approximate surface area is 122 Å². The van der Waals surface area contributed by atoms with Gasteiger partial charge in [-0.25, -0.2) is 0 Å². The van der Waals surface area contributed by atoms with Gasteiger partial charge in [-0.2, -0.15) is 5.10 Å². The van der Waals surface area contributed by atoms with Crippen molar-refractivity contribution in [3.8, 4) is 0 Å². The third-order valence-electron chi connectivity index (χ3n) is 3.83. The molecular weight excluding hydrogens is 246 g/mol. The zero-order valence-corrected chi connectivity index (χ0v) is 13.2. The topological polar surface area (TPSA) is 29.9 Å². The average molecular weight is 271 g/mol. The van der Waals surface area contributed by atoms with E-state index in [2.05, 4.69) is 62.4 Å². The summed E-state index contributed by atoms with van der Waals surface area (Å²) in [7, 11) is 2.01. The molecule has 3 nitrogen and oxygen atoms in total. The van der Waals surface area contributed by atoms with Crippen molar-refractivity contribution < 1.29 is 0 Å². The Kier molecular flexibility index (Phi) is 4.61. The van der Waals surface area contributed by atoms with Crippen LogP contribution in [0, 0.1) is 20.8 Å². The Bertz CT molecular complexity index is 584. The van der Waals surface area contributed by atoms with E-state index in [9.17, 15) is 0 Å². The summed E-state index contributed by atoms with van der Waals surface area (Å²) in [5.74, 6) is 0. The highest BCUT2D eigenvalue weighted by atomic mass is 15.3. The van der Waals surface area contributed by atoms with Crippen LogP contribution in [0.2, 0.25) is 0 Å². The number of benzene rings is 1. The molecule has 1 aromatic heterocycles. The van der Waals surface area contributed by atoms with Crippen LogP contribution in [0.3, 0.4) is 0 Å². The third kappa shape index (κ3) is 2.93. The van der Waals surface area contributed by atoms with Gasteiger partial charge in [-0.1, -0.05) is 36.8 Å². The zero-order chi connectivity index (χ0) is 14.7. The normalized spacial score (nSPS) is 12.7. The van der Waals surface area contributed by atoms with E-state index in [0.717, 1.165) is 18.7 Å². The van der Waals surface area contributed by atoms with Crippen molar-refractivity contribution in [3.05, 3.63) is 52.3 Å². The molecule has 1 heterocycles. The van der Waals surface area contributed by atoms with Gasteiger partial charge in [0.1, 0.15) is 0 Å². The molecule has 0 fully saturated rings. The molecule has 1 atom stereocenters. The van der Waals surface area contributed by atoms with Gasteiger partial charge in [0, 0.05) is 18.3 Å². The summed E-state index contributed by atoms with van der Waals surface area (Å²) in [5.41, 5.74) is 6.27. The Morgan fingerprint density at radius 2 is 2.00 bits per heavy atom. The zero-order valence-electron chi connectivity index (χ0n) is 13.2. The van der Waals surface area contributed by atoms with Crippen LogP contribution >= 0.6 is 0 Å². The number of hydrogen-bond acceptors (Lipinski definition) is 2. The summed E-state index contributed by atoms with van der Waals surface area (Å²) >= 11 is 0. The average Bonchev–Trinajstić information content (AvgIpc) is 2.66. The molecule has 0 radical (unpaired) electrons. The molecule has 0 aliphatic heterocycles. The summed E-state index contributed by atoms with van der Waals surface area (Å²) in [6, 6.07) is 8.96. The molecule has 0 aliphatic rings. The molecule has 0 spiro atoms. The molecule has 20 heavy (non-hydrogen) atoms. The van der Waals surface area contributed by atoms with E-state index in [0.29, 0.717) is 0 Å². The van der Waals surface area contributed by atoms with Gasteiger partial charge in [-0.15, -0.1) is 0 Å². The Morgan fingerprint density at radius 3 is 2.55 bits per heavy atom. The van der Waals surface area contributed by atoms with Gasteiger partial charge in [0.05, 0.1) is 11.7 Å². The van der Waals surface area contributed by atoms with Crippen molar-refractivity contribution >= 4 is 0 Å². The van der Waals surface area contributed by atoms with Gasteiger partial charge in [0.2, 0.25) is 0 Å². The fourth-order valence-electron chi connectivity index (χ4n) is 2.73. The second-order valence-electron chi connectivity index (χ2n) is 5.51. The molecule has 0 saturated carbocycles. The molecule has 0 amide bonds. The fourth-order valence-corrected chi connectivity index (χ4v) is 2.73. The molecule has 0 saturated heterocycles. The van der Waals surface area contributed by atoms with E-state index in [1.807, 2.05) is 11.7 Å². The van der Waals surface area contributed by atoms with Gasteiger partial charge in [-0.05, 0) is 39.3 Å².